The number of hydrogen-bond acceptors (Lipinski definition) is 5. The molecule has 0 heterocycles. The first kappa shape index (κ1) is 24.8. The van der Waals surface area contributed by atoms with Crippen molar-refractivity contribution in [2.45, 2.75) is 56.4 Å². The Balaban J connectivity index is 3.46. The summed E-state index contributed by atoms with van der Waals surface area (Å²) in [6.07, 6.45) is -1.20. The van der Waals surface area contributed by atoms with Gasteiger partial charge in [0.1, 0.15) is 12.3 Å². The summed E-state index contributed by atoms with van der Waals surface area (Å²) in [7, 11) is -3.90. The molecule has 1 amide bonds. The number of carbonyl (C=O) groups excluding carboxylic acids is 1. The van der Waals surface area contributed by atoms with Crippen molar-refractivity contribution < 1.29 is 31.1 Å². The van der Waals surface area contributed by atoms with Crippen LogP contribution in [-0.4, -0.2) is 37.8 Å². The second kappa shape index (κ2) is 8.61. The van der Waals surface area contributed by atoms with Gasteiger partial charge in [0.15, 0.2) is 26.2 Å². The first-order valence-electron chi connectivity index (χ1n) is 8.73. The van der Waals surface area contributed by atoms with Gasteiger partial charge >= 0.3 is 6.09 Å². The smallest absolute Gasteiger partial charge is 0.408 e. The van der Waals surface area contributed by atoms with E-state index in [-0.39, 0.29) is 0 Å². The molecular formula is C19H25F3N2O4S. The third-order valence-electron chi connectivity index (χ3n) is 4.52. The lowest BCUT2D eigenvalue weighted by Crippen LogP contribution is -2.51. The molecule has 2 atom stereocenters. The molecule has 0 saturated heterocycles. The molecule has 0 aliphatic rings. The van der Waals surface area contributed by atoms with Crippen LogP contribution in [0.2, 0.25) is 0 Å². The molecule has 10 heteroatoms. The molecule has 6 nitrogen and oxygen atoms in total. The Hall–Kier alpha value is -2.28. The molecular weight excluding hydrogens is 409 g/mol. The highest BCUT2D eigenvalue weighted by Gasteiger charge is 2.44. The molecule has 0 spiro atoms. The minimum absolute atomic E-state index is 0.446. The molecule has 0 fully saturated rings. The zero-order valence-corrected chi connectivity index (χ0v) is 17.8. The molecule has 0 radical (unpaired) electrons. The van der Waals surface area contributed by atoms with Gasteiger partial charge in [-0.3, -0.25) is 0 Å². The SMILES string of the molecule is CC(C)(C)OC(=O)N[C@@](CF)(CCC(C)(C#N)S(C)(=O)=O)c1cccc(F)c1F. The molecule has 162 valence electrons. The Morgan fingerprint density at radius 3 is 2.24 bits per heavy atom. The van der Waals surface area contributed by atoms with Crippen LogP contribution in [0.4, 0.5) is 18.0 Å². The van der Waals surface area contributed by atoms with E-state index < -0.39 is 68.5 Å². The summed E-state index contributed by atoms with van der Waals surface area (Å²) in [5, 5.41) is 11.5. The van der Waals surface area contributed by atoms with Gasteiger partial charge in [0.05, 0.1) is 11.6 Å². The lowest BCUT2D eigenvalue weighted by molar-refractivity contribution is 0.0415. The summed E-state index contributed by atoms with van der Waals surface area (Å²) in [5.74, 6) is -2.66. The first-order chi connectivity index (χ1) is 13.1. The van der Waals surface area contributed by atoms with Crippen molar-refractivity contribution in [3.8, 4) is 6.07 Å². The maximum Gasteiger partial charge on any atom is 0.408 e. The Morgan fingerprint density at radius 2 is 1.79 bits per heavy atom. The maximum absolute atomic E-state index is 14.5. The number of nitriles is 1. The van der Waals surface area contributed by atoms with Gasteiger partial charge in [-0.2, -0.15) is 5.26 Å². The fraction of sp³-hybridized carbons (Fsp3) is 0.579. The third-order valence-corrected chi connectivity index (χ3v) is 6.45. The van der Waals surface area contributed by atoms with Crippen LogP contribution in [0.3, 0.4) is 0 Å². The second-order valence-corrected chi connectivity index (χ2v) is 10.5. The van der Waals surface area contributed by atoms with Crippen molar-refractivity contribution in [3.05, 3.63) is 35.4 Å². The Morgan fingerprint density at radius 1 is 1.21 bits per heavy atom. The third kappa shape index (κ3) is 5.85. The fourth-order valence-corrected chi connectivity index (χ4v) is 3.22. The monoisotopic (exact) mass is 434 g/mol. The highest BCUT2D eigenvalue weighted by molar-refractivity contribution is 7.92. The van der Waals surface area contributed by atoms with E-state index in [9.17, 15) is 31.6 Å². The lowest BCUT2D eigenvalue weighted by Gasteiger charge is -2.35. The van der Waals surface area contributed by atoms with Gasteiger partial charge in [0, 0.05) is 11.8 Å². The van der Waals surface area contributed by atoms with Crippen molar-refractivity contribution in [2.24, 2.45) is 0 Å². The summed E-state index contributed by atoms with van der Waals surface area (Å²) >= 11 is 0. The van der Waals surface area contributed by atoms with Gasteiger partial charge in [-0.05, 0) is 46.6 Å². The Bertz CT molecular complexity index is 909. The summed E-state index contributed by atoms with van der Waals surface area (Å²) in [6, 6.07) is 4.70. The van der Waals surface area contributed by atoms with Gasteiger partial charge in [-0.25, -0.2) is 26.4 Å². The van der Waals surface area contributed by atoms with Crippen LogP contribution in [0.15, 0.2) is 18.2 Å². The van der Waals surface area contributed by atoms with E-state index in [2.05, 4.69) is 5.32 Å². The van der Waals surface area contributed by atoms with Crippen LogP contribution in [-0.2, 0) is 20.1 Å². The molecule has 0 aliphatic heterocycles. The highest BCUT2D eigenvalue weighted by Crippen LogP contribution is 2.35. The molecule has 1 aromatic carbocycles. The quantitative estimate of drug-likeness (QED) is 0.705. The standard InChI is InChI=1S/C19H25F3N2O4S/c1-17(2,3)28-16(25)24-19(11-20,13-7-6-8-14(21)15(13)22)10-9-18(4,12-23)29(5,26)27/h6-8H,9-11H2,1-5H3,(H,24,25)/t18?,19-/m1/s1. The number of nitrogens with one attached hydrogen (secondary N) is 1. The lowest BCUT2D eigenvalue weighted by atomic mass is 9.83. The molecule has 0 saturated carbocycles. The Kier molecular flexibility index (Phi) is 7.35. The zero-order chi connectivity index (χ0) is 22.7. The van der Waals surface area contributed by atoms with Crippen molar-refractivity contribution in [1.29, 1.82) is 5.26 Å². The van der Waals surface area contributed by atoms with E-state index in [1.54, 1.807) is 26.8 Å². The average molecular weight is 434 g/mol. The van der Waals surface area contributed by atoms with E-state index >= 15 is 0 Å². The van der Waals surface area contributed by atoms with Crippen molar-refractivity contribution in [1.82, 2.24) is 5.32 Å². The molecule has 29 heavy (non-hydrogen) atoms. The number of halogens is 3. The maximum atomic E-state index is 14.5. The number of amides is 1. The van der Waals surface area contributed by atoms with Gasteiger partial charge in [-0.1, -0.05) is 12.1 Å². The molecule has 1 unspecified atom stereocenters. The number of nitrogens with zero attached hydrogens (tertiary/aromatic N) is 1. The average Bonchev–Trinajstić information content (AvgIpc) is 2.58. The number of sulfone groups is 1. The van der Waals surface area contributed by atoms with E-state index in [1.807, 2.05) is 0 Å². The molecule has 1 rings (SSSR count). The largest absolute Gasteiger partial charge is 0.444 e. The fourth-order valence-electron chi connectivity index (χ4n) is 2.59. The minimum Gasteiger partial charge on any atom is -0.444 e. The van der Waals surface area contributed by atoms with Crippen molar-refractivity contribution >= 4 is 15.9 Å². The normalized spacial score (nSPS) is 16.2. The van der Waals surface area contributed by atoms with E-state index in [4.69, 9.17) is 4.74 Å². The molecule has 1 aromatic rings. The summed E-state index contributed by atoms with van der Waals surface area (Å²) < 4.78 is 69.7. The van der Waals surface area contributed by atoms with Crippen LogP contribution >= 0.6 is 0 Å². The van der Waals surface area contributed by atoms with Gasteiger partial charge in [0.2, 0.25) is 0 Å². The van der Waals surface area contributed by atoms with Crippen LogP contribution in [0.25, 0.3) is 0 Å². The van der Waals surface area contributed by atoms with Crippen LogP contribution < -0.4 is 5.32 Å². The second-order valence-electron chi connectivity index (χ2n) is 8.06. The topological polar surface area (TPSA) is 96.3 Å². The number of benzene rings is 1. The van der Waals surface area contributed by atoms with Crippen LogP contribution in [0.5, 0.6) is 0 Å². The van der Waals surface area contributed by atoms with Gasteiger partial charge in [0.25, 0.3) is 0 Å². The molecule has 0 bridgehead atoms. The van der Waals surface area contributed by atoms with Crippen LogP contribution in [0.1, 0.15) is 46.1 Å². The van der Waals surface area contributed by atoms with E-state index in [0.29, 0.717) is 0 Å². The minimum atomic E-state index is -3.90. The number of ether oxygens (including phenoxy) is 1. The molecule has 1 N–H and O–H groups in total. The predicted molar refractivity (Wildman–Crippen MR) is 101 cm³/mol. The number of rotatable bonds is 7. The Labute approximate surface area is 169 Å². The van der Waals surface area contributed by atoms with E-state index in [0.717, 1.165) is 31.4 Å². The van der Waals surface area contributed by atoms with E-state index in [1.165, 1.54) is 0 Å². The highest BCUT2D eigenvalue weighted by atomic mass is 32.2. The summed E-state index contributed by atoms with van der Waals surface area (Å²) in [4.78, 5) is 12.3. The van der Waals surface area contributed by atoms with Crippen molar-refractivity contribution in [2.75, 3.05) is 12.9 Å². The first-order valence-corrected chi connectivity index (χ1v) is 10.6. The molecule has 0 aromatic heterocycles. The number of carbonyl (C=O) groups is 1. The predicted octanol–water partition coefficient (Wildman–Crippen LogP) is 3.76. The van der Waals surface area contributed by atoms with Gasteiger partial charge in [-0.15, -0.1) is 0 Å². The van der Waals surface area contributed by atoms with Crippen LogP contribution in [0, 0.1) is 23.0 Å². The number of alkyl carbamates (subject to hydrolysis) is 1. The molecule has 0 aliphatic carbocycles. The van der Waals surface area contributed by atoms with Gasteiger partial charge < -0.3 is 10.1 Å². The summed E-state index contributed by atoms with van der Waals surface area (Å²) in [5.41, 5.74) is -3.61. The zero-order valence-electron chi connectivity index (χ0n) is 17.0. The summed E-state index contributed by atoms with van der Waals surface area (Å²) in [6.45, 7) is 4.42. The van der Waals surface area contributed by atoms with Crippen molar-refractivity contribution in [3.63, 3.8) is 0 Å². The number of hydrogen-bond donors (Lipinski definition) is 1. The number of alkyl halides is 1.